The molecule has 2 unspecified atom stereocenters. The molecule has 0 rings (SSSR count). The fourth-order valence-corrected chi connectivity index (χ4v) is 4.66. The van der Waals surface area contributed by atoms with Gasteiger partial charge >= 0.3 is 24.2 Å². The SMILES string of the molecule is CCC(SSC(CC)C(F)(F)C(F)(F)F)C(F)(F)C(F)(F)F. The van der Waals surface area contributed by atoms with Gasteiger partial charge in [0.2, 0.25) is 0 Å². The van der Waals surface area contributed by atoms with E-state index in [1.807, 2.05) is 0 Å². The maximum absolute atomic E-state index is 13.1. The number of hydrogen-bond acceptors (Lipinski definition) is 2. The van der Waals surface area contributed by atoms with Crippen molar-refractivity contribution in [3.8, 4) is 0 Å². The van der Waals surface area contributed by atoms with E-state index in [4.69, 9.17) is 0 Å². The Bertz CT molecular complexity index is 315. The van der Waals surface area contributed by atoms with Gasteiger partial charge in [0.15, 0.2) is 0 Å². The van der Waals surface area contributed by atoms with Crippen molar-refractivity contribution < 1.29 is 43.9 Å². The largest absolute Gasteiger partial charge is 0.454 e. The second-order valence-electron chi connectivity index (χ2n) is 4.23. The molecule has 0 aliphatic rings. The summed E-state index contributed by atoms with van der Waals surface area (Å²) in [5.74, 6) is -10.4. The average Bonchev–Trinajstić information content (AvgIpc) is 2.31. The fraction of sp³-hybridized carbons (Fsp3) is 1.00. The first-order valence-electron chi connectivity index (χ1n) is 5.84. The summed E-state index contributed by atoms with van der Waals surface area (Å²) >= 11 is 0. The number of rotatable bonds is 7. The molecule has 0 bridgehead atoms. The molecule has 0 fully saturated rings. The molecule has 22 heavy (non-hydrogen) atoms. The molecule has 0 nitrogen and oxygen atoms in total. The topological polar surface area (TPSA) is 0 Å². The summed E-state index contributed by atoms with van der Waals surface area (Å²) in [4.78, 5) is 0. The lowest BCUT2D eigenvalue weighted by Crippen LogP contribution is -2.46. The Morgan fingerprint density at radius 3 is 0.955 bits per heavy atom. The maximum Gasteiger partial charge on any atom is 0.454 e. The van der Waals surface area contributed by atoms with E-state index in [0.717, 1.165) is 13.8 Å². The van der Waals surface area contributed by atoms with Crippen molar-refractivity contribution in [1.82, 2.24) is 0 Å². The maximum atomic E-state index is 13.1. The molecule has 0 aromatic carbocycles. The van der Waals surface area contributed by atoms with Crippen LogP contribution in [0.3, 0.4) is 0 Å². The molecule has 0 aromatic rings. The van der Waals surface area contributed by atoms with Crippen LogP contribution in [0, 0.1) is 0 Å². The molecule has 0 saturated carbocycles. The first-order chi connectivity index (χ1) is 9.62. The summed E-state index contributed by atoms with van der Waals surface area (Å²) in [6, 6.07) is 0. The van der Waals surface area contributed by atoms with Crippen LogP contribution in [-0.2, 0) is 0 Å². The third kappa shape index (κ3) is 4.75. The van der Waals surface area contributed by atoms with Crippen LogP contribution >= 0.6 is 21.6 Å². The Hall–Kier alpha value is -0.000000000000000222. The van der Waals surface area contributed by atoms with Crippen molar-refractivity contribution >= 4 is 21.6 Å². The molecule has 0 N–H and O–H groups in total. The highest BCUT2D eigenvalue weighted by molar-refractivity contribution is 8.77. The highest BCUT2D eigenvalue weighted by Gasteiger charge is 2.64. The molecular formula is C10H12F10S2. The van der Waals surface area contributed by atoms with Crippen LogP contribution < -0.4 is 0 Å². The van der Waals surface area contributed by atoms with Crippen LogP contribution in [0.15, 0.2) is 0 Å². The van der Waals surface area contributed by atoms with Crippen molar-refractivity contribution in [2.45, 2.75) is 61.4 Å². The zero-order valence-corrected chi connectivity index (χ0v) is 12.8. The zero-order valence-electron chi connectivity index (χ0n) is 11.2. The molecule has 0 spiro atoms. The van der Waals surface area contributed by atoms with Crippen LogP contribution in [-0.4, -0.2) is 34.7 Å². The number of alkyl halides is 10. The Labute approximate surface area is 127 Å². The Kier molecular flexibility index (Phi) is 7.27. The molecule has 12 heteroatoms. The average molecular weight is 386 g/mol. The lowest BCUT2D eigenvalue weighted by atomic mass is 10.2. The summed E-state index contributed by atoms with van der Waals surface area (Å²) in [5, 5.41) is -4.92. The van der Waals surface area contributed by atoms with E-state index in [0.29, 0.717) is 0 Å². The fourth-order valence-electron chi connectivity index (χ4n) is 1.27. The van der Waals surface area contributed by atoms with Gasteiger partial charge in [-0.3, -0.25) is 0 Å². The summed E-state index contributed by atoms with van der Waals surface area (Å²) in [6.45, 7) is 1.92. The van der Waals surface area contributed by atoms with Gasteiger partial charge in [0.05, 0.1) is 10.5 Å². The van der Waals surface area contributed by atoms with Crippen molar-refractivity contribution in [1.29, 1.82) is 0 Å². The summed E-state index contributed by atoms with van der Waals surface area (Å²) in [5.41, 5.74) is 0. The lowest BCUT2D eigenvalue weighted by Gasteiger charge is -2.30. The van der Waals surface area contributed by atoms with Gasteiger partial charge in [-0.1, -0.05) is 35.4 Å². The Morgan fingerprint density at radius 2 is 0.818 bits per heavy atom. The third-order valence-electron chi connectivity index (χ3n) is 2.59. The highest BCUT2D eigenvalue weighted by Crippen LogP contribution is 2.52. The van der Waals surface area contributed by atoms with Crippen LogP contribution in [0.1, 0.15) is 26.7 Å². The van der Waals surface area contributed by atoms with Gasteiger partial charge in [0, 0.05) is 0 Å². The van der Waals surface area contributed by atoms with Crippen LogP contribution in [0.2, 0.25) is 0 Å². The number of hydrogen-bond donors (Lipinski definition) is 0. The second kappa shape index (κ2) is 7.27. The van der Waals surface area contributed by atoms with Crippen LogP contribution in [0.5, 0.6) is 0 Å². The number of halogens is 10. The normalized spacial score (nSPS) is 17.5. The minimum absolute atomic E-state index is 0.302. The van der Waals surface area contributed by atoms with E-state index in [9.17, 15) is 43.9 Å². The van der Waals surface area contributed by atoms with E-state index in [2.05, 4.69) is 0 Å². The van der Waals surface area contributed by atoms with E-state index >= 15 is 0 Å². The highest BCUT2D eigenvalue weighted by atomic mass is 33.1. The quantitative estimate of drug-likeness (QED) is 0.371. The summed E-state index contributed by atoms with van der Waals surface area (Å²) < 4.78 is 126. The van der Waals surface area contributed by atoms with Crippen molar-refractivity contribution in [3.63, 3.8) is 0 Å². The first kappa shape index (κ1) is 22.0. The van der Waals surface area contributed by atoms with Crippen LogP contribution in [0.4, 0.5) is 43.9 Å². The van der Waals surface area contributed by atoms with E-state index in [1.54, 1.807) is 0 Å². The first-order valence-corrected chi connectivity index (χ1v) is 8.11. The zero-order chi connectivity index (χ0) is 18.0. The van der Waals surface area contributed by atoms with Crippen molar-refractivity contribution in [2.24, 2.45) is 0 Å². The molecule has 2 atom stereocenters. The van der Waals surface area contributed by atoms with Crippen molar-refractivity contribution in [3.05, 3.63) is 0 Å². The summed E-state index contributed by atoms with van der Waals surface area (Å²) in [7, 11) is -0.605. The summed E-state index contributed by atoms with van der Waals surface area (Å²) in [6.07, 6.45) is -13.3. The van der Waals surface area contributed by atoms with Gasteiger partial charge in [-0.25, -0.2) is 0 Å². The second-order valence-corrected chi connectivity index (χ2v) is 6.91. The van der Waals surface area contributed by atoms with Gasteiger partial charge in [-0.05, 0) is 12.8 Å². The van der Waals surface area contributed by atoms with E-state index < -0.39 is 47.5 Å². The third-order valence-corrected chi connectivity index (χ3v) is 6.16. The van der Waals surface area contributed by atoms with Gasteiger partial charge in [0.1, 0.15) is 0 Å². The molecule has 0 saturated heterocycles. The molecule has 0 amide bonds. The Morgan fingerprint density at radius 1 is 0.591 bits per heavy atom. The van der Waals surface area contributed by atoms with Gasteiger partial charge in [-0.15, -0.1) is 0 Å². The van der Waals surface area contributed by atoms with E-state index in [-0.39, 0.29) is 21.6 Å². The molecule has 0 aliphatic carbocycles. The Balaban J connectivity index is 5.09. The molecule has 0 heterocycles. The standard InChI is InChI=1S/C10H12F10S2/c1-3-5(7(11,12)9(15,16)17)21-22-6(4-2)8(13,14)10(18,19)20/h5-6H,3-4H2,1-2H3. The minimum Gasteiger partial charge on any atom is -0.195 e. The molecule has 0 radical (unpaired) electrons. The molecule has 0 aliphatic heterocycles. The lowest BCUT2D eigenvalue weighted by molar-refractivity contribution is -0.281. The smallest absolute Gasteiger partial charge is 0.195 e. The molecule has 0 aromatic heterocycles. The van der Waals surface area contributed by atoms with E-state index in [1.165, 1.54) is 0 Å². The van der Waals surface area contributed by atoms with Crippen LogP contribution in [0.25, 0.3) is 0 Å². The van der Waals surface area contributed by atoms with Gasteiger partial charge < -0.3 is 0 Å². The monoisotopic (exact) mass is 386 g/mol. The van der Waals surface area contributed by atoms with Gasteiger partial charge in [0.25, 0.3) is 0 Å². The molecular weight excluding hydrogens is 374 g/mol. The minimum atomic E-state index is -5.91. The predicted molar refractivity (Wildman–Crippen MR) is 65.3 cm³/mol. The predicted octanol–water partition coefficient (Wildman–Crippen LogP) is 6.32. The van der Waals surface area contributed by atoms with Crippen molar-refractivity contribution in [2.75, 3.05) is 0 Å². The molecule has 134 valence electrons. The van der Waals surface area contributed by atoms with Gasteiger partial charge in [-0.2, -0.15) is 43.9 Å².